The zero-order valence-electron chi connectivity index (χ0n) is 19.9. The summed E-state index contributed by atoms with van der Waals surface area (Å²) in [5.41, 5.74) is 2.66. The van der Waals surface area contributed by atoms with Crippen molar-refractivity contribution in [1.82, 2.24) is 10.3 Å². The van der Waals surface area contributed by atoms with Gasteiger partial charge in [-0.2, -0.15) is 0 Å². The summed E-state index contributed by atoms with van der Waals surface area (Å²) in [5.74, 6) is 2.64. The van der Waals surface area contributed by atoms with Gasteiger partial charge in [-0.25, -0.2) is 0 Å². The van der Waals surface area contributed by atoms with Crippen LogP contribution in [0.3, 0.4) is 0 Å². The standard InChI is InChI=1S/C28H25N3O4S/c1-33-25-15-22-23(16-26(25)34-2)29-13-12-24(22)35-19-10-8-18(9-11-19)30-28(36)31-27(32)21-14-20(21)17-6-4-3-5-7-17/h3-13,15-16,20-21H,14H2,1-2H3,(H2,30,31,32,36). The molecular weight excluding hydrogens is 474 g/mol. The molecule has 0 spiro atoms. The number of nitrogens with zero attached hydrogens (tertiary/aromatic N) is 1. The Morgan fingerprint density at radius 3 is 2.39 bits per heavy atom. The fourth-order valence-electron chi connectivity index (χ4n) is 4.19. The highest BCUT2D eigenvalue weighted by Gasteiger charge is 2.44. The highest BCUT2D eigenvalue weighted by atomic mass is 32.1. The second-order valence-electron chi connectivity index (χ2n) is 8.46. The molecule has 2 atom stereocenters. The van der Waals surface area contributed by atoms with Crippen LogP contribution in [0, 0.1) is 5.92 Å². The number of nitrogens with one attached hydrogen (secondary N) is 2. The predicted octanol–water partition coefficient (Wildman–Crippen LogP) is 5.66. The Balaban J connectivity index is 1.20. The average molecular weight is 500 g/mol. The Morgan fingerprint density at radius 2 is 1.67 bits per heavy atom. The zero-order valence-corrected chi connectivity index (χ0v) is 20.7. The molecule has 0 bridgehead atoms. The number of rotatable bonds is 7. The van der Waals surface area contributed by atoms with Gasteiger partial charge >= 0.3 is 0 Å². The lowest BCUT2D eigenvalue weighted by molar-refractivity contribution is -0.120. The van der Waals surface area contributed by atoms with Gasteiger partial charge in [-0.3, -0.25) is 9.78 Å². The summed E-state index contributed by atoms with van der Waals surface area (Å²) in [4.78, 5) is 17.0. The van der Waals surface area contributed by atoms with E-state index >= 15 is 0 Å². The number of ether oxygens (including phenoxy) is 3. The molecule has 4 aromatic rings. The van der Waals surface area contributed by atoms with Crippen molar-refractivity contribution in [3.63, 3.8) is 0 Å². The first kappa shape index (κ1) is 23.6. The minimum absolute atomic E-state index is 0.0447. The van der Waals surface area contributed by atoms with E-state index in [1.807, 2.05) is 54.6 Å². The number of aromatic nitrogens is 1. The van der Waals surface area contributed by atoms with E-state index in [2.05, 4.69) is 27.8 Å². The molecule has 1 heterocycles. The van der Waals surface area contributed by atoms with Crippen LogP contribution < -0.4 is 24.8 Å². The van der Waals surface area contributed by atoms with E-state index in [1.54, 1.807) is 26.5 Å². The molecule has 5 rings (SSSR count). The predicted molar refractivity (Wildman–Crippen MR) is 143 cm³/mol. The number of thiocarbonyl (C=S) groups is 1. The first-order valence-electron chi connectivity index (χ1n) is 11.5. The Morgan fingerprint density at radius 1 is 0.944 bits per heavy atom. The van der Waals surface area contributed by atoms with E-state index in [4.69, 9.17) is 26.4 Å². The van der Waals surface area contributed by atoms with Gasteiger partial charge in [-0.1, -0.05) is 30.3 Å². The molecule has 1 aliphatic rings. The van der Waals surface area contributed by atoms with Crippen molar-refractivity contribution in [3.8, 4) is 23.0 Å². The van der Waals surface area contributed by atoms with Crippen LogP contribution in [-0.2, 0) is 4.79 Å². The lowest BCUT2D eigenvalue weighted by Crippen LogP contribution is -2.35. The second-order valence-corrected chi connectivity index (χ2v) is 8.87. The molecule has 1 aliphatic carbocycles. The average Bonchev–Trinajstić information content (AvgIpc) is 3.71. The first-order chi connectivity index (χ1) is 17.6. The number of methoxy groups -OCH3 is 2. The monoisotopic (exact) mass is 499 g/mol. The number of anilines is 1. The van der Waals surface area contributed by atoms with Crippen molar-refractivity contribution >= 4 is 39.8 Å². The molecule has 1 saturated carbocycles. The maximum Gasteiger partial charge on any atom is 0.229 e. The van der Waals surface area contributed by atoms with Crippen LogP contribution in [0.4, 0.5) is 5.69 Å². The fraction of sp³-hybridized carbons (Fsp3) is 0.179. The van der Waals surface area contributed by atoms with Gasteiger partial charge in [0.25, 0.3) is 0 Å². The molecule has 8 heteroatoms. The molecule has 2 N–H and O–H groups in total. The minimum Gasteiger partial charge on any atom is -0.493 e. The largest absolute Gasteiger partial charge is 0.493 e. The fourth-order valence-corrected chi connectivity index (χ4v) is 4.41. The Labute approximate surface area is 214 Å². The summed E-state index contributed by atoms with van der Waals surface area (Å²) in [7, 11) is 3.18. The summed E-state index contributed by atoms with van der Waals surface area (Å²) < 4.78 is 16.9. The highest BCUT2D eigenvalue weighted by Crippen LogP contribution is 2.47. The minimum atomic E-state index is -0.0575. The summed E-state index contributed by atoms with van der Waals surface area (Å²) in [6.07, 6.45) is 2.52. The van der Waals surface area contributed by atoms with Crippen molar-refractivity contribution in [2.24, 2.45) is 5.92 Å². The van der Waals surface area contributed by atoms with Crippen LogP contribution in [0.1, 0.15) is 17.9 Å². The third-order valence-electron chi connectivity index (χ3n) is 6.14. The molecule has 0 aliphatic heterocycles. The van der Waals surface area contributed by atoms with Gasteiger partial charge in [0.2, 0.25) is 5.91 Å². The lowest BCUT2D eigenvalue weighted by atomic mass is 10.1. The van der Waals surface area contributed by atoms with Crippen molar-refractivity contribution in [1.29, 1.82) is 0 Å². The van der Waals surface area contributed by atoms with E-state index in [1.165, 1.54) is 5.56 Å². The van der Waals surface area contributed by atoms with E-state index in [0.717, 1.165) is 23.0 Å². The van der Waals surface area contributed by atoms with Crippen LogP contribution >= 0.6 is 12.2 Å². The van der Waals surface area contributed by atoms with E-state index in [0.29, 0.717) is 23.0 Å². The van der Waals surface area contributed by atoms with Gasteiger partial charge in [0, 0.05) is 29.3 Å². The highest BCUT2D eigenvalue weighted by molar-refractivity contribution is 7.80. The van der Waals surface area contributed by atoms with Crippen LogP contribution in [0.5, 0.6) is 23.0 Å². The smallest absolute Gasteiger partial charge is 0.229 e. The van der Waals surface area contributed by atoms with Crippen molar-refractivity contribution < 1.29 is 19.0 Å². The Bertz CT molecular complexity index is 1410. The molecular formula is C28H25N3O4S. The van der Waals surface area contributed by atoms with Gasteiger partial charge in [0.05, 0.1) is 19.7 Å². The molecule has 182 valence electrons. The van der Waals surface area contributed by atoms with E-state index in [-0.39, 0.29) is 22.9 Å². The van der Waals surface area contributed by atoms with E-state index in [9.17, 15) is 4.79 Å². The van der Waals surface area contributed by atoms with Gasteiger partial charge in [-0.15, -0.1) is 0 Å². The summed E-state index contributed by atoms with van der Waals surface area (Å²) >= 11 is 5.35. The maximum atomic E-state index is 12.6. The number of carbonyl (C=O) groups excluding carboxylic acids is 1. The van der Waals surface area contributed by atoms with Gasteiger partial charge in [-0.05, 0) is 66.5 Å². The lowest BCUT2D eigenvalue weighted by Gasteiger charge is -2.13. The molecule has 1 amide bonds. The number of fused-ring (bicyclic) bond motifs is 1. The number of hydrogen-bond donors (Lipinski definition) is 2. The summed E-state index contributed by atoms with van der Waals surface area (Å²) in [6, 6.07) is 22.9. The maximum absolute atomic E-state index is 12.6. The summed E-state index contributed by atoms with van der Waals surface area (Å²) in [5, 5.41) is 6.94. The molecule has 0 saturated heterocycles. The number of carbonyl (C=O) groups is 1. The summed E-state index contributed by atoms with van der Waals surface area (Å²) in [6.45, 7) is 0. The molecule has 7 nitrogen and oxygen atoms in total. The molecule has 2 unspecified atom stereocenters. The molecule has 36 heavy (non-hydrogen) atoms. The van der Waals surface area contributed by atoms with Crippen molar-refractivity contribution in [2.75, 3.05) is 19.5 Å². The second kappa shape index (κ2) is 10.2. The SMILES string of the molecule is COc1cc2nccc(Oc3ccc(NC(=S)NC(=O)C4CC4c4ccccc4)cc3)c2cc1OC. The number of amides is 1. The molecule has 1 fully saturated rings. The van der Waals surface area contributed by atoms with Crippen LogP contribution in [0.25, 0.3) is 10.9 Å². The van der Waals surface area contributed by atoms with Gasteiger partial charge in [0.1, 0.15) is 11.5 Å². The Hall–Kier alpha value is -4.17. The third kappa shape index (κ3) is 5.08. The molecule has 3 aromatic carbocycles. The normalized spacial score (nSPS) is 16.2. The quantitative estimate of drug-likeness (QED) is 0.318. The third-order valence-corrected chi connectivity index (χ3v) is 6.34. The zero-order chi connectivity index (χ0) is 25.1. The van der Waals surface area contributed by atoms with Crippen LogP contribution in [-0.4, -0.2) is 30.2 Å². The van der Waals surface area contributed by atoms with E-state index < -0.39 is 0 Å². The topological polar surface area (TPSA) is 81.7 Å². The Kier molecular flexibility index (Phi) is 6.69. The number of hydrogen-bond acceptors (Lipinski definition) is 6. The number of pyridine rings is 1. The van der Waals surface area contributed by atoms with Crippen LogP contribution in [0.2, 0.25) is 0 Å². The number of benzene rings is 3. The van der Waals surface area contributed by atoms with Gasteiger partial charge < -0.3 is 24.8 Å². The van der Waals surface area contributed by atoms with Crippen molar-refractivity contribution in [3.05, 3.63) is 84.6 Å². The first-order valence-corrected chi connectivity index (χ1v) is 11.9. The molecule has 1 aromatic heterocycles. The van der Waals surface area contributed by atoms with Crippen molar-refractivity contribution in [2.45, 2.75) is 12.3 Å². The van der Waals surface area contributed by atoms with Crippen LogP contribution in [0.15, 0.2) is 79.0 Å². The molecule has 0 radical (unpaired) electrons. The van der Waals surface area contributed by atoms with Gasteiger partial charge in [0.15, 0.2) is 16.6 Å².